The summed E-state index contributed by atoms with van der Waals surface area (Å²) in [7, 11) is 0. The van der Waals surface area contributed by atoms with Crippen molar-refractivity contribution in [3.8, 4) is 0 Å². The molecule has 1 saturated heterocycles. The second-order valence-electron chi connectivity index (χ2n) is 6.55. The first kappa shape index (κ1) is 14.3. The Kier molecular flexibility index (Phi) is 4.68. The maximum atomic E-state index is 6.19. The lowest BCUT2D eigenvalue weighted by atomic mass is 9.74. The third-order valence-electron chi connectivity index (χ3n) is 5.29. The van der Waals surface area contributed by atoms with Crippen molar-refractivity contribution in [1.29, 1.82) is 0 Å². The highest BCUT2D eigenvalue weighted by molar-refractivity contribution is 4.98. The fraction of sp³-hybridized carbons (Fsp3) is 1.00. The Labute approximate surface area is 113 Å². The second-order valence-corrected chi connectivity index (χ2v) is 6.55. The van der Waals surface area contributed by atoms with Crippen LogP contribution < -0.4 is 5.73 Å². The number of hydrogen-bond acceptors (Lipinski definition) is 3. The van der Waals surface area contributed by atoms with Crippen LogP contribution in [0.15, 0.2) is 0 Å². The number of nitrogens with two attached hydrogens (primary N) is 1. The average molecular weight is 253 g/mol. The molecule has 2 N–H and O–H groups in total. The smallest absolute Gasteiger partial charge is 0.0335 e. The molecule has 106 valence electrons. The highest BCUT2D eigenvalue weighted by Crippen LogP contribution is 2.37. The minimum absolute atomic E-state index is 0.311. The molecule has 0 aromatic carbocycles. The van der Waals surface area contributed by atoms with Crippen LogP contribution in [0.4, 0.5) is 0 Å². The lowest BCUT2D eigenvalue weighted by Crippen LogP contribution is -2.63. The molecule has 1 saturated carbocycles. The van der Waals surface area contributed by atoms with Crippen LogP contribution >= 0.6 is 0 Å². The molecule has 0 spiro atoms. The first-order valence-electron chi connectivity index (χ1n) is 7.80. The number of nitrogens with zero attached hydrogens (tertiary/aromatic N) is 2. The van der Waals surface area contributed by atoms with Crippen LogP contribution in [-0.4, -0.2) is 54.1 Å². The van der Waals surface area contributed by atoms with Crippen molar-refractivity contribution >= 4 is 0 Å². The normalized spacial score (nSPS) is 40.0. The largest absolute Gasteiger partial charge is 0.329 e. The second kappa shape index (κ2) is 5.89. The molecule has 18 heavy (non-hydrogen) atoms. The van der Waals surface area contributed by atoms with Gasteiger partial charge < -0.3 is 5.73 Å². The van der Waals surface area contributed by atoms with E-state index in [2.05, 4.69) is 30.6 Å². The summed E-state index contributed by atoms with van der Waals surface area (Å²) in [5.74, 6) is 0.849. The van der Waals surface area contributed by atoms with Gasteiger partial charge >= 0.3 is 0 Å². The van der Waals surface area contributed by atoms with Crippen LogP contribution in [0.3, 0.4) is 0 Å². The highest BCUT2D eigenvalue weighted by atomic mass is 15.3. The summed E-state index contributed by atoms with van der Waals surface area (Å²) in [6, 6.07) is 0.685. The Bertz CT molecular complexity index is 268. The highest BCUT2D eigenvalue weighted by Gasteiger charge is 2.41. The minimum Gasteiger partial charge on any atom is -0.329 e. The third kappa shape index (κ3) is 2.73. The Morgan fingerprint density at radius 2 is 2.06 bits per heavy atom. The van der Waals surface area contributed by atoms with E-state index >= 15 is 0 Å². The molecule has 0 radical (unpaired) electrons. The van der Waals surface area contributed by atoms with E-state index in [0.717, 1.165) is 12.5 Å². The van der Waals surface area contributed by atoms with Gasteiger partial charge in [0.15, 0.2) is 0 Å². The number of likely N-dealkylation sites (N-methyl/N-ethyl adjacent to an activating group) is 1. The van der Waals surface area contributed by atoms with E-state index in [1.165, 1.54) is 51.9 Å². The summed E-state index contributed by atoms with van der Waals surface area (Å²) < 4.78 is 0. The summed E-state index contributed by atoms with van der Waals surface area (Å²) in [4.78, 5) is 5.31. The van der Waals surface area contributed by atoms with Gasteiger partial charge in [0.25, 0.3) is 0 Å². The zero-order chi connectivity index (χ0) is 13.2. The van der Waals surface area contributed by atoms with Crippen molar-refractivity contribution < 1.29 is 0 Å². The fourth-order valence-corrected chi connectivity index (χ4v) is 4.13. The Hall–Kier alpha value is -0.120. The quantitative estimate of drug-likeness (QED) is 0.834. The molecule has 1 aliphatic carbocycles. The molecule has 3 atom stereocenters. The fourth-order valence-electron chi connectivity index (χ4n) is 4.13. The molecule has 3 nitrogen and oxygen atoms in total. The molecule has 0 aromatic heterocycles. The maximum absolute atomic E-state index is 6.19. The lowest BCUT2D eigenvalue weighted by Gasteiger charge is -2.52. The molecule has 0 aromatic rings. The van der Waals surface area contributed by atoms with E-state index in [0.29, 0.717) is 11.6 Å². The molecule has 3 heteroatoms. The number of hydrogen-bond donors (Lipinski definition) is 1. The van der Waals surface area contributed by atoms with E-state index in [1.54, 1.807) is 0 Å². The van der Waals surface area contributed by atoms with Gasteiger partial charge in [-0.1, -0.05) is 26.7 Å². The first-order chi connectivity index (χ1) is 8.61. The van der Waals surface area contributed by atoms with Gasteiger partial charge in [0, 0.05) is 37.8 Å². The van der Waals surface area contributed by atoms with E-state index in [9.17, 15) is 0 Å². The zero-order valence-corrected chi connectivity index (χ0v) is 12.5. The van der Waals surface area contributed by atoms with Crippen molar-refractivity contribution in [3.05, 3.63) is 0 Å². The molecule has 0 bridgehead atoms. The van der Waals surface area contributed by atoms with Gasteiger partial charge in [-0.15, -0.1) is 0 Å². The first-order valence-corrected chi connectivity index (χ1v) is 7.80. The maximum Gasteiger partial charge on any atom is 0.0335 e. The van der Waals surface area contributed by atoms with Crippen LogP contribution in [0.2, 0.25) is 0 Å². The van der Waals surface area contributed by atoms with Gasteiger partial charge in [-0.2, -0.15) is 0 Å². The molecular weight excluding hydrogens is 222 g/mol. The van der Waals surface area contributed by atoms with E-state index < -0.39 is 0 Å². The summed E-state index contributed by atoms with van der Waals surface area (Å²) in [6.45, 7) is 12.7. The van der Waals surface area contributed by atoms with E-state index in [-0.39, 0.29) is 0 Å². The molecule has 0 amide bonds. The van der Waals surface area contributed by atoms with Crippen LogP contribution in [0.25, 0.3) is 0 Å². The standard InChI is InChI=1S/C15H31N3/c1-4-17-8-9-18(11-14(17)3)15(12-16)7-5-6-13(2)10-15/h13-14H,4-12,16H2,1-3H3. The van der Waals surface area contributed by atoms with Gasteiger partial charge in [-0.05, 0) is 32.2 Å². The molecule has 2 fully saturated rings. The molecule has 3 unspecified atom stereocenters. The average Bonchev–Trinajstić information content (AvgIpc) is 2.38. The predicted molar refractivity (Wildman–Crippen MR) is 77.7 cm³/mol. The summed E-state index contributed by atoms with van der Waals surface area (Å²) in [6.07, 6.45) is 5.38. The molecule has 2 aliphatic rings. The minimum atomic E-state index is 0.311. The summed E-state index contributed by atoms with van der Waals surface area (Å²) >= 11 is 0. The van der Waals surface area contributed by atoms with Crippen molar-refractivity contribution in [2.45, 2.75) is 58.0 Å². The Balaban J connectivity index is 2.04. The summed E-state index contributed by atoms with van der Waals surface area (Å²) in [5.41, 5.74) is 6.50. The van der Waals surface area contributed by atoms with Gasteiger partial charge in [-0.3, -0.25) is 9.80 Å². The predicted octanol–water partition coefficient (Wildman–Crippen LogP) is 1.92. The molecule has 1 heterocycles. The van der Waals surface area contributed by atoms with Gasteiger partial charge in [0.05, 0.1) is 0 Å². The van der Waals surface area contributed by atoms with Gasteiger partial charge in [0.2, 0.25) is 0 Å². The SMILES string of the molecule is CCN1CCN(C2(CN)CCCC(C)C2)CC1C. The van der Waals surface area contributed by atoms with Crippen LogP contribution in [0.1, 0.15) is 46.5 Å². The van der Waals surface area contributed by atoms with Crippen LogP contribution in [-0.2, 0) is 0 Å². The lowest BCUT2D eigenvalue weighted by molar-refractivity contribution is -0.0183. The van der Waals surface area contributed by atoms with E-state index in [1.807, 2.05) is 0 Å². The van der Waals surface area contributed by atoms with Crippen molar-refractivity contribution in [3.63, 3.8) is 0 Å². The van der Waals surface area contributed by atoms with Crippen molar-refractivity contribution in [2.24, 2.45) is 11.7 Å². The van der Waals surface area contributed by atoms with Crippen molar-refractivity contribution in [1.82, 2.24) is 9.80 Å². The van der Waals surface area contributed by atoms with Gasteiger partial charge in [0.1, 0.15) is 0 Å². The van der Waals surface area contributed by atoms with Crippen molar-refractivity contribution in [2.75, 3.05) is 32.7 Å². The monoisotopic (exact) mass is 253 g/mol. The zero-order valence-electron chi connectivity index (χ0n) is 12.5. The topological polar surface area (TPSA) is 32.5 Å². The molecule has 1 aliphatic heterocycles. The Morgan fingerprint density at radius 3 is 2.61 bits per heavy atom. The molecular formula is C15H31N3. The summed E-state index contributed by atoms with van der Waals surface area (Å²) in [5, 5.41) is 0. The number of piperazine rings is 1. The van der Waals surface area contributed by atoms with E-state index in [4.69, 9.17) is 5.73 Å². The third-order valence-corrected chi connectivity index (χ3v) is 5.29. The van der Waals surface area contributed by atoms with Crippen LogP contribution in [0.5, 0.6) is 0 Å². The van der Waals surface area contributed by atoms with Crippen LogP contribution in [0, 0.1) is 5.92 Å². The Morgan fingerprint density at radius 1 is 1.28 bits per heavy atom. The number of rotatable bonds is 3. The molecule has 2 rings (SSSR count). The van der Waals surface area contributed by atoms with Gasteiger partial charge in [-0.25, -0.2) is 0 Å².